The van der Waals surface area contributed by atoms with Gasteiger partial charge >= 0.3 is 0 Å². The van der Waals surface area contributed by atoms with Crippen LogP contribution in [-0.2, 0) is 11.2 Å². The normalized spacial score (nSPS) is 10.7. The maximum absolute atomic E-state index is 11.5. The Labute approximate surface area is 86.1 Å². The Bertz CT molecular complexity index is 521. The molecule has 0 saturated carbocycles. The number of hydrogen-bond donors (Lipinski definition) is 1. The van der Waals surface area contributed by atoms with Crippen molar-refractivity contribution in [2.45, 2.75) is 6.42 Å². The summed E-state index contributed by atoms with van der Waals surface area (Å²) in [5.41, 5.74) is 1.50. The number of hydrogen-bond acceptors (Lipinski definition) is 4. The molecule has 2 heterocycles. The SMILES string of the molecule is COCCc1nc2cccnc2[nH]c1=O. The van der Waals surface area contributed by atoms with Crippen LogP contribution in [0.3, 0.4) is 0 Å². The van der Waals surface area contributed by atoms with Gasteiger partial charge in [0.1, 0.15) is 11.2 Å². The lowest BCUT2D eigenvalue weighted by molar-refractivity contribution is 0.201. The zero-order valence-electron chi connectivity index (χ0n) is 8.36. The number of aromatic amines is 1. The molecule has 78 valence electrons. The van der Waals surface area contributed by atoms with E-state index in [2.05, 4.69) is 15.0 Å². The van der Waals surface area contributed by atoms with Crippen LogP contribution in [-0.4, -0.2) is 28.7 Å². The molecule has 2 aromatic heterocycles. The van der Waals surface area contributed by atoms with Crippen LogP contribution in [0.4, 0.5) is 0 Å². The molecule has 15 heavy (non-hydrogen) atoms. The zero-order chi connectivity index (χ0) is 10.7. The van der Waals surface area contributed by atoms with Gasteiger partial charge in [-0.1, -0.05) is 0 Å². The van der Waals surface area contributed by atoms with Crippen LogP contribution < -0.4 is 5.56 Å². The van der Waals surface area contributed by atoms with E-state index in [1.54, 1.807) is 19.4 Å². The van der Waals surface area contributed by atoms with Gasteiger partial charge in [0.15, 0.2) is 5.65 Å². The Hall–Kier alpha value is -1.75. The summed E-state index contributed by atoms with van der Waals surface area (Å²) in [6.07, 6.45) is 2.13. The predicted molar refractivity (Wildman–Crippen MR) is 55.7 cm³/mol. The van der Waals surface area contributed by atoms with Gasteiger partial charge < -0.3 is 9.72 Å². The van der Waals surface area contributed by atoms with Crippen LogP contribution in [0, 0.1) is 0 Å². The van der Waals surface area contributed by atoms with Crippen molar-refractivity contribution in [2.75, 3.05) is 13.7 Å². The number of methoxy groups -OCH3 is 1. The Kier molecular flexibility index (Phi) is 2.73. The van der Waals surface area contributed by atoms with Crippen molar-refractivity contribution in [3.05, 3.63) is 34.4 Å². The van der Waals surface area contributed by atoms with E-state index in [4.69, 9.17) is 4.74 Å². The molecule has 0 aromatic carbocycles. The highest BCUT2D eigenvalue weighted by Crippen LogP contribution is 2.02. The van der Waals surface area contributed by atoms with Gasteiger partial charge in [-0.3, -0.25) is 4.79 Å². The third-order valence-corrected chi connectivity index (χ3v) is 2.08. The fourth-order valence-electron chi connectivity index (χ4n) is 1.33. The molecule has 0 atom stereocenters. The molecule has 5 nitrogen and oxygen atoms in total. The lowest BCUT2D eigenvalue weighted by Crippen LogP contribution is -2.17. The molecule has 0 radical (unpaired) electrons. The van der Waals surface area contributed by atoms with Crippen LogP contribution >= 0.6 is 0 Å². The van der Waals surface area contributed by atoms with Gasteiger partial charge in [-0.05, 0) is 12.1 Å². The number of pyridine rings is 1. The highest BCUT2D eigenvalue weighted by Gasteiger charge is 2.04. The fraction of sp³-hybridized carbons (Fsp3) is 0.300. The summed E-state index contributed by atoms with van der Waals surface area (Å²) < 4.78 is 4.90. The van der Waals surface area contributed by atoms with Crippen LogP contribution in [0.25, 0.3) is 11.2 Å². The maximum atomic E-state index is 11.5. The third kappa shape index (κ3) is 2.02. The summed E-state index contributed by atoms with van der Waals surface area (Å²) >= 11 is 0. The van der Waals surface area contributed by atoms with Crippen LogP contribution in [0.1, 0.15) is 5.69 Å². The summed E-state index contributed by atoms with van der Waals surface area (Å²) in [6, 6.07) is 3.60. The molecule has 2 aromatic rings. The molecule has 0 amide bonds. The number of nitrogens with zero attached hydrogens (tertiary/aromatic N) is 2. The van der Waals surface area contributed by atoms with E-state index in [9.17, 15) is 4.79 Å². The average Bonchev–Trinajstić information content (AvgIpc) is 2.26. The minimum atomic E-state index is -0.196. The maximum Gasteiger partial charge on any atom is 0.271 e. The predicted octanol–water partition coefficient (Wildman–Crippen LogP) is 0.507. The van der Waals surface area contributed by atoms with Gasteiger partial charge in [-0.25, -0.2) is 9.97 Å². The highest BCUT2D eigenvalue weighted by molar-refractivity contribution is 5.68. The summed E-state index contributed by atoms with van der Waals surface area (Å²) in [6.45, 7) is 0.488. The van der Waals surface area contributed by atoms with E-state index < -0.39 is 0 Å². The summed E-state index contributed by atoms with van der Waals surface area (Å²) in [4.78, 5) is 22.4. The molecule has 2 rings (SSSR count). The molecular weight excluding hydrogens is 194 g/mol. The van der Waals surface area contributed by atoms with Crippen LogP contribution in [0.5, 0.6) is 0 Å². The second-order valence-electron chi connectivity index (χ2n) is 3.13. The van der Waals surface area contributed by atoms with Crippen LogP contribution in [0.2, 0.25) is 0 Å². The second-order valence-corrected chi connectivity index (χ2v) is 3.13. The van der Waals surface area contributed by atoms with E-state index in [0.717, 1.165) is 0 Å². The minimum Gasteiger partial charge on any atom is -0.384 e. The second kappa shape index (κ2) is 4.18. The van der Waals surface area contributed by atoms with Crippen molar-refractivity contribution >= 4 is 11.2 Å². The largest absolute Gasteiger partial charge is 0.384 e. The summed E-state index contributed by atoms with van der Waals surface area (Å²) in [5.74, 6) is 0. The van der Waals surface area contributed by atoms with Crippen molar-refractivity contribution in [1.29, 1.82) is 0 Å². The van der Waals surface area contributed by atoms with E-state index >= 15 is 0 Å². The zero-order valence-corrected chi connectivity index (χ0v) is 8.36. The number of nitrogens with one attached hydrogen (secondary N) is 1. The van der Waals surface area contributed by atoms with Crippen molar-refractivity contribution in [3.8, 4) is 0 Å². The van der Waals surface area contributed by atoms with Gasteiger partial charge in [-0.15, -0.1) is 0 Å². The van der Waals surface area contributed by atoms with Crippen LogP contribution in [0.15, 0.2) is 23.1 Å². The molecule has 0 saturated heterocycles. The standard InChI is InChI=1S/C10H11N3O2/c1-15-6-4-8-10(14)13-9-7(12-8)3-2-5-11-9/h2-3,5H,4,6H2,1H3,(H,11,13,14). The quantitative estimate of drug-likeness (QED) is 0.792. The topological polar surface area (TPSA) is 67.9 Å². The Balaban J connectivity index is 2.48. The van der Waals surface area contributed by atoms with Gasteiger partial charge in [0.25, 0.3) is 5.56 Å². The molecule has 0 aliphatic heterocycles. The molecule has 5 heteroatoms. The first kappa shape index (κ1) is 9.79. The average molecular weight is 205 g/mol. The van der Waals surface area contributed by atoms with Gasteiger partial charge in [0, 0.05) is 19.7 Å². The number of rotatable bonds is 3. The summed E-state index contributed by atoms with van der Waals surface area (Å²) in [5, 5.41) is 0. The lowest BCUT2D eigenvalue weighted by Gasteiger charge is -2.00. The number of ether oxygens (including phenoxy) is 1. The van der Waals surface area contributed by atoms with Crippen molar-refractivity contribution in [2.24, 2.45) is 0 Å². The first-order chi connectivity index (χ1) is 7.31. The minimum absolute atomic E-state index is 0.196. The molecule has 1 N–H and O–H groups in total. The van der Waals surface area contributed by atoms with Crippen molar-refractivity contribution in [1.82, 2.24) is 15.0 Å². The number of aromatic nitrogens is 3. The van der Waals surface area contributed by atoms with Gasteiger partial charge in [0.2, 0.25) is 0 Å². The first-order valence-electron chi connectivity index (χ1n) is 4.64. The van der Waals surface area contributed by atoms with E-state index in [-0.39, 0.29) is 5.56 Å². The highest BCUT2D eigenvalue weighted by atomic mass is 16.5. The molecule has 0 aliphatic rings. The monoisotopic (exact) mass is 205 g/mol. The number of H-pyrrole nitrogens is 1. The molecule has 0 unspecified atom stereocenters. The number of fused-ring (bicyclic) bond motifs is 1. The summed E-state index contributed by atoms with van der Waals surface area (Å²) in [7, 11) is 1.59. The lowest BCUT2D eigenvalue weighted by atomic mass is 10.3. The smallest absolute Gasteiger partial charge is 0.271 e. The Morgan fingerprint density at radius 2 is 2.40 bits per heavy atom. The van der Waals surface area contributed by atoms with Gasteiger partial charge in [-0.2, -0.15) is 0 Å². The van der Waals surface area contributed by atoms with E-state index in [1.807, 2.05) is 6.07 Å². The molecular formula is C10H11N3O2. The van der Waals surface area contributed by atoms with E-state index in [1.165, 1.54) is 0 Å². The van der Waals surface area contributed by atoms with Crippen molar-refractivity contribution in [3.63, 3.8) is 0 Å². The molecule has 0 aliphatic carbocycles. The molecule has 0 bridgehead atoms. The fourth-order valence-corrected chi connectivity index (χ4v) is 1.33. The third-order valence-electron chi connectivity index (χ3n) is 2.08. The van der Waals surface area contributed by atoms with Crippen molar-refractivity contribution < 1.29 is 4.74 Å². The van der Waals surface area contributed by atoms with Gasteiger partial charge in [0.05, 0.1) is 6.61 Å². The first-order valence-corrected chi connectivity index (χ1v) is 4.64. The molecule has 0 fully saturated rings. The molecule has 0 spiro atoms. The van der Waals surface area contributed by atoms with E-state index in [0.29, 0.717) is 29.9 Å². The Morgan fingerprint density at radius 1 is 1.53 bits per heavy atom. The Morgan fingerprint density at radius 3 is 3.20 bits per heavy atom.